The van der Waals surface area contributed by atoms with Crippen LogP contribution in [0.4, 0.5) is 4.39 Å². The summed E-state index contributed by atoms with van der Waals surface area (Å²) in [5, 5.41) is 39.6. The molecule has 2 unspecified atom stereocenters. The molecule has 7 heteroatoms. The summed E-state index contributed by atoms with van der Waals surface area (Å²) in [5.74, 6) is -0.706. The lowest BCUT2D eigenvalue weighted by atomic mass is 9.85. The number of rotatable bonds is 13. The zero-order chi connectivity index (χ0) is 21.2. The molecule has 5 nitrogen and oxygen atoms in total. The maximum Gasteiger partial charge on any atom is 0.303 e. The van der Waals surface area contributed by atoms with Crippen molar-refractivity contribution in [3.05, 3.63) is 30.1 Å². The Morgan fingerprint density at radius 3 is 2.41 bits per heavy atom. The molecule has 0 spiro atoms. The van der Waals surface area contributed by atoms with E-state index < -0.39 is 24.3 Å². The number of unbranched alkanes of at least 4 members (excludes halogenated alkanes) is 3. The van der Waals surface area contributed by atoms with Crippen LogP contribution in [0.5, 0.6) is 0 Å². The molecule has 0 aromatic heterocycles. The number of aliphatic carboxylic acids is 1. The van der Waals surface area contributed by atoms with E-state index in [2.05, 4.69) is 0 Å². The van der Waals surface area contributed by atoms with Crippen molar-refractivity contribution in [3.8, 4) is 0 Å². The fourth-order valence-corrected chi connectivity index (χ4v) is 5.13. The smallest absolute Gasteiger partial charge is 0.303 e. The van der Waals surface area contributed by atoms with E-state index in [0.29, 0.717) is 36.3 Å². The van der Waals surface area contributed by atoms with Crippen LogP contribution in [0.1, 0.15) is 57.8 Å². The van der Waals surface area contributed by atoms with Gasteiger partial charge in [-0.1, -0.05) is 31.4 Å². The summed E-state index contributed by atoms with van der Waals surface area (Å²) >= 11 is 1.28. The lowest BCUT2D eigenvalue weighted by molar-refractivity contribution is -0.137. The molecule has 1 aliphatic carbocycles. The molecule has 0 aliphatic heterocycles. The zero-order valence-corrected chi connectivity index (χ0v) is 17.6. The number of carbonyl (C=O) groups is 1. The second-order valence-corrected chi connectivity index (χ2v) is 9.08. The van der Waals surface area contributed by atoms with Gasteiger partial charge in [-0.3, -0.25) is 4.79 Å². The van der Waals surface area contributed by atoms with E-state index in [0.717, 1.165) is 25.7 Å². The van der Waals surface area contributed by atoms with Gasteiger partial charge < -0.3 is 20.4 Å². The molecule has 5 atom stereocenters. The van der Waals surface area contributed by atoms with Gasteiger partial charge in [0, 0.05) is 17.1 Å². The summed E-state index contributed by atoms with van der Waals surface area (Å²) in [6, 6.07) is 6.49. The predicted molar refractivity (Wildman–Crippen MR) is 111 cm³/mol. The minimum Gasteiger partial charge on any atom is -0.481 e. The molecule has 0 heterocycles. The van der Waals surface area contributed by atoms with Crippen LogP contribution < -0.4 is 0 Å². The van der Waals surface area contributed by atoms with Crippen molar-refractivity contribution >= 4 is 17.7 Å². The third-order valence-electron chi connectivity index (χ3n) is 5.80. The summed E-state index contributed by atoms with van der Waals surface area (Å²) in [6.45, 7) is 0. The average molecular weight is 429 g/mol. The van der Waals surface area contributed by atoms with Gasteiger partial charge in [0.25, 0.3) is 0 Å². The molecule has 1 aromatic rings. The Kier molecular flexibility index (Phi) is 10.4. The van der Waals surface area contributed by atoms with Crippen molar-refractivity contribution in [1.29, 1.82) is 0 Å². The monoisotopic (exact) mass is 428 g/mol. The lowest BCUT2D eigenvalue weighted by Gasteiger charge is -2.24. The molecular weight excluding hydrogens is 395 g/mol. The molecule has 1 fully saturated rings. The van der Waals surface area contributed by atoms with Gasteiger partial charge in [0.05, 0.1) is 18.3 Å². The molecule has 0 amide bonds. The van der Waals surface area contributed by atoms with Crippen LogP contribution in [0.15, 0.2) is 29.2 Å². The Labute approximate surface area is 176 Å². The molecule has 1 aromatic carbocycles. The molecule has 0 radical (unpaired) electrons. The normalized spacial score (nSPS) is 25.2. The van der Waals surface area contributed by atoms with E-state index in [-0.39, 0.29) is 24.1 Å². The Balaban J connectivity index is 1.72. The summed E-state index contributed by atoms with van der Waals surface area (Å²) in [7, 11) is 0. The molecule has 4 N–H and O–H groups in total. The third-order valence-corrected chi connectivity index (χ3v) is 6.99. The predicted octanol–water partition coefficient (Wildman–Crippen LogP) is 3.84. The quantitative estimate of drug-likeness (QED) is 0.281. The second kappa shape index (κ2) is 12.5. The van der Waals surface area contributed by atoms with E-state index in [1.54, 1.807) is 18.2 Å². The van der Waals surface area contributed by atoms with E-state index >= 15 is 0 Å². The maximum absolute atomic E-state index is 13.7. The molecule has 2 rings (SSSR count). The van der Waals surface area contributed by atoms with Gasteiger partial charge in [-0.05, 0) is 56.1 Å². The number of benzene rings is 1. The molecule has 0 saturated heterocycles. The lowest BCUT2D eigenvalue weighted by Crippen LogP contribution is -2.24. The Morgan fingerprint density at radius 1 is 1.07 bits per heavy atom. The van der Waals surface area contributed by atoms with Gasteiger partial charge in [0.1, 0.15) is 5.82 Å². The number of hydrogen-bond acceptors (Lipinski definition) is 5. The van der Waals surface area contributed by atoms with Gasteiger partial charge in [0.2, 0.25) is 0 Å². The van der Waals surface area contributed by atoms with Crippen molar-refractivity contribution in [2.75, 3.05) is 5.75 Å². The Morgan fingerprint density at radius 2 is 1.72 bits per heavy atom. The fraction of sp³-hybridized carbons (Fsp3) is 0.682. The minimum atomic E-state index is -0.772. The van der Waals surface area contributed by atoms with Crippen LogP contribution in [-0.2, 0) is 4.79 Å². The van der Waals surface area contributed by atoms with Crippen LogP contribution in [0, 0.1) is 17.7 Å². The summed E-state index contributed by atoms with van der Waals surface area (Å²) in [4.78, 5) is 11.0. The van der Waals surface area contributed by atoms with Crippen LogP contribution in [0.3, 0.4) is 0 Å². The first-order chi connectivity index (χ1) is 13.9. The molecule has 164 valence electrons. The summed E-state index contributed by atoms with van der Waals surface area (Å²) in [5.41, 5.74) is 0. The van der Waals surface area contributed by atoms with Gasteiger partial charge in [0.15, 0.2) is 0 Å². The maximum atomic E-state index is 13.7. The first kappa shape index (κ1) is 24.1. The summed E-state index contributed by atoms with van der Waals surface area (Å²) < 4.78 is 13.7. The van der Waals surface area contributed by atoms with E-state index in [9.17, 15) is 24.5 Å². The number of aliphatic hydroxyl groups is 3. The number of halogens is 1. The van der Waals surface area contributed by atoms with E-state index in [4.69, 9.17) is 5.11 Å². The third kappa shape index (κ3) is 8.24. The number of thioether (sulfide) groups is 1. The van der Waals surface area contributed by atoms with Crippen molar-refractivity contribution < 1.29 is 29.6 Å². The van der Waals surface area contributed by atoms with Gasteiger partial charge >= 0.3 is 5.97 Å². The van der Waals surface area contributed by atoms with E-state index in [1.807, 2.05) is 0 Å². The van der Waals surface area contributed by atoms with Crippen LogP contribution >= 0.6 is 11.8 Å². The SMILES string of the molecule is O=C(O)CCCCCC[C@@H]1C(CCC(O)CSc2ccccc2F)[C@H](O)C[C@@H]1O. The average Bonchev–Trinajstić information content (AvgIpc) is 2.94. The first-order valence-electron chi connectivity index (χ1n) is 10.5. The molecule has 0 bridgehead atoms. The van der Waals surface area contributed by atoms with Crippen LogP contribution in [0.25, 0.3) is 0 Å². The van der Waals surface area contributed by atoms with Crippen molar-refractivity contribution in [2.45, 2.75) is 81.0 Å². The number of carboxylic acid groups (broad SMARTS) is 1. The number of aliphatic hydroxyl groups excluding tert-OH is 3. The van der Waals surface area contributed by atoms with E-state index in [1.165, 1.54) is 17.8 Å². The van der Waals surface area contributed by atoms with Crippen LogP contribution in [0.2, 0.25) is 0 Å². The number of hydrogen-bond donors (Lipinski definition) is 4. The highest BCUT2D eigenvalue weighted by Gasteiger charge is 2.40. The van der Waals surface area contributed by atoms with Crippen molar-refractivity contribution in [3.63, 3.8) is 0 Å². The second-order valence-electron chi connectivity index (χ2n) is 8.02. The first-order valence-corrected chi connectivity index (χ1v) is 11.5. The van der Waals surface area contributed by atoms with Crippen molar-refractivity contribution in [2.24, 2.45) is 11.8 Å². The largest absolute Gasteiger partial charge is 0.481 e. The molecule has 1 saturated carbocycles. The number of carboxylic acids is 1. The highest BCUT2D eigenvalue weighted by Crippen LogP contribution is 2.39. The van der Waals surface area contributed by atoms with Crippen LogP contribution in [-0.4, -0.2) is 50.5 Å². The van der Waals surface area contributed by atoms with Gasteiger partial charge in [-0.2, -0.15) is 0 Å². The van der Waals surface area contributed by atoms with Gasteiger partial charge in [-0.15, -0.1) is 11.8 Å². The molecule has 1 aliphatic rings. The highest BCUT2D eigenvalue weighted by molar-refractivity contribution is 7.99. The fourth-order valence-electron chi connectivity index (χ4n) is 4.21. The highest BCUT2D eigenvalue weighted by atomic mass is 32.2. The summed E-state index contributed by atoms with van der Waals surface area (Å²) in [6.07, 6.45) is 4.15. The molecular formula is C22H33FO5S. The topological polar surface area (TPSA) is 98.0 Å². The standard InChI is InChI=1S/C22H33FO5S/c23-18-8-5-6-9-21(18)29-14-15(24)11-12-17-16(19(25)13-20(17)26)7-3-1-2-4-10-22(27)28/h5-6,8-9,15-17,19-20,24-26H,1-4,7,10-14H2,(H,27,28)/t15?,16-,17?,19+,20-/m1/s1. The minimum absolute atomic E-state index is 0.0101. The molecule has 29 heavy (non-hydrogen) atoms. The van der Waals surface area contributed by atoms with Crippen molar-refractivity contribution in [1.82, 2.24) is 0 Å². The Hall–Kier alpha value is -1.15. The van der Waals surface area contributed by atoms with Gasteiger partial charge in [-0.25, -0.2) is 4.39 Å². The zero-order valence-electron chi connectivity index (χ0n) is 16.8. The Bertz CT molecular complexity index is 629.